The Labute approximate surface area is 497 Å². The molecule has 9 aromatic carbocycles. The molecule has 0 N–H and O–H groups in total. The second kappa shape index (κ2) is 16.4. The normalized spacial score (nSPS) is 14.9. The molecule has 1 aliphatic carbocycles. The van der Waals surface area contributed by atoms with Crippen LogP contribution >= 0.6 is 0 Å². The summed E-state index contributed by atoms with van der Waals surface area (Å²) in [7, 11) is 0. The van der Waals surface area contributed by atoms with Crippen LogP contribution in [-0.2, 0) is 27.1 Å². The smallest absolute Gasteiger partial charge is 0.252 e. The molecule has 0 bridgehead atoms. The van der Waals surface area contributed by atoms with Gasteiger partial charge in [-0.25, -0.2) is 0 Å². The summed E-state index contributed by atoms with van der Waals surface area (Å²) in [5.41, 5.74) is 32.9. The Morgan fingerprint density at radius 1 is 0.357 bits per heavy atom. The quantitative estimate of drug-likeness (QED) is 0.156. The van der Waals surface area contributed by atoms with E-state index in [9.17, 15) is 0 Å². The van der Waals surface area contributed by atoms with Crippen LogP contribution in [0, 0.1) is 0 Å². The van der Waals surface area contributed by atoms with Gasteiger partial charge in [0.05, 0.1) is 33.0 Å². The number of hydrogen-bond donors (Lipinski definition) is 0. The molecule has 0 saturated heterocycles. The fourth-order valence-electron chi connectivity index (χ4n) is 16.2. The zero-order chi connectivity index (χ0) is 58.7. The maximum Gasteiger partial charge on any atom is 0.252 e. The summed E-state index contributed by atoms with van der Waals surface area (Å²) in [6.45, 7) is 42.8. The molecule has 0 amide bonds. The first-order chi connectivity index (χ1) is 39.7. The summed E-state index contributed by atoms with van der Waals surface area (Å²) in [5.74, 6) is 1.18. The average molecular weight is 1090 g/mol. The van der Waals surface area contributed by atoms with Crippen molar-refractivity contribution in [3.63, 3.8) is 0 Å². The van der Waals surface area contributed by atoms with Crippen LogP contribution in [0.2, 0.25) is 0 Å². The number of fused-ring (bicyclic) bond motifs is 18. The highest BCUT2D eigenvalue weighted by atomic mass is 15.1. The Bertz CT molecular complexity index is 4890. The Kier molecular flexibility index (Phi) is 10.2. The average Bonchev–Trinajstić information content (AvgIpc) is 1.41. The van der Waals surface area contributed by atoms with Crippen molar-refractivity contribution in [1.29, 1.82) is 0 Å². The van der Waals surface area contributed by atoms with E-state index in [2.05, 4.69) is 278 Å². The van der Waals surface area contributed by atoms with Crippen LogP contribution in [0.15, 0.2) is 140 Å². The third-order valence-corrected chi connectivity index (χ3v) is 21.0. The van der Waals surface area contributed by atoms with Gasteiger partial charge in [-0.15, -0.1) is 0 Å². The fourth-order valence-corrected chi connectivity index (χ4v) is 16.2. The summed E-state index contributed by atoms with van der Waals surface area (Å²) in [4.78, 5) is 0. The van der Waals surface area contributed by atoms with E-state index in [-0.39, 0.29) is 28.4 Å². The summed E-state index contributed by atoms with van der Waals surface area (Å²) in [6.07, 6.45) is 0. The molecule has 0 radical (unpaired) electrons. The number of hydrogen-bond acceptors (Lipinski definition) is 0. The van der Waals surface area contributed by atoms with E-state index in [4.69, 9.17) is 0 Å². The van der Waals surface area contributed by atoms with Crippen molar-refractivity contribution in [3.05, 3.63) is 201 Å². The topological polar surface area (TPSA) is 14.8 Å². The fraction of sp³-hybridized carbons (Fsp3) is 0.325. The van der Waals surface area contributed by atoms with Crippen LogP contribution in [0.5, 0.6) is 0 Å². The lowest BCUT2D eigenvalue weighted by atomic mass is 9.33. The van der Waals surface area contributed by atoms with E-state index < -0.39 is 5.41 Å². The summed E-state index contributed by atoms with van der Waals surface area (Å²) in [6, 6.07) is 58.0. The molecular weight excluding hydrogens is 1010 g/mol. The van der Waals surface area contributed by atoms with Crippen molar-refractivity contribution in [2.24, 2.45) is 0 Å². The molecule has 0 saturated carbocycles. The van der Waals surface area contributed by atoms with Gasteiger partial charge in [-0.05, 0) is 177 Å². The van der Waals surface area contributed by atoms with Gasteiger partial charge in [-0.1, -0.05) is 216 Å². The molecule has 418 valence electrons. The van der Waals surface area contributed by atoms with Crippen LogP contribution in [0.25, 0.3) is 93.6 Å². The molecule has 4 aliphatic rings. The molecule has 6 heterocycles. The van der Waals surface area contributed by atoms with E-state index in [0.717, 1.165) is 0 Å². The number of nitrogens with zero attached hydrogens (tertiary/aromatic N) is 3. The predicted octanol–water partition coefficient (Wildman–Crippen LogP) is 19.4. The second-order valence-electron chi connectivity index (χ2n) is 31.2. The van der Waals surface area contributed by atoms with Crippen LogP contribution in [0.1, 0.15) is 204 Å². The van der Waals surface area contributed by atoms with E-state index >= 15 is 0 Å². The summed E-state index contributed by atoms with van der Waals surface area (Å²) in [5, 5.41) is 8.08. The Morgan fingerprint density at radius 3 is 1.39 bits per heavy atom. The van der Waals surface area contributed by atoms with Crippen molar-refractivity contribution >= 4 is 88.5 Å². The molecule has 3 aliphatic heterocycles. The monoisotopic (exact) mass is 1090 g/mol. The van der Waals surface area contributed by atoms with Crippen LogP contribution < -0.4 is 16.4 Å². The largest absolute Gasteiger partial charge is 0.310 e. The molecule has 0 atom stereocenters. The molecule has 4 heteroatoms. The predicted molar refractivity (Wildman–Crippen MR) is 362 cm³/mol. The molecule has 1 spiro atoms. The zero-order valence-electron chi connectivity index (χ0n) is 52.9. The van der Waals surface area contributed by atoms with Gasteiger partial charge >= 0.3 is 0 Å². The molecule has 3 aromatic heterocycles. The number of aromatic nitrogens is 3. The maximum atomic E-state index is 2.83. The lowest BCUT2D eigenvalue weighted by Gasteiger charge is -2.45. The van der Waals surface area contributed by atoms with Gasteiger partial charge in [0.1, 0.15) is 0 Å². The first kappa shape index (κ1) is 52.0. The van der Waals surface area contributed by atoms with Crippen molar-refractivity contribution < 1.29 is 0 Å². The molecule has 0 fully saturated rings. The van der Waals surface area contributed by atoms with Crippen LogP contribution in [-0.4, -0.2) is 20.4 Å². The lowest BCUT2D eigenvalue weighted by molar-refractivity contribution is 0.583. The van der Waals surface area contributed by atoms with Crippen molar-refractivity contribution in [3.8, 4) is 28.2 Å². The SMILES string of the molecule is CC(C)c1ccc(-n2c3cc(C(C)C)ccc3c3c4c5ccc(C(C)C)cc5n5c4c(cc32)B2c3c-5ccc4c3-n3c5c2cc(C(C)(C)C)cc5c2cc(C(C)(C)C)cc(c23)C42c3cc(C(C)(C)C)ccc3-c3ccc(C(C)(C)C)cc32)cc1. The van der Waals surface area contributed by atoms with Gasteiger partial charge in [0.2, 0.25) is 0 Å². The van der Waals surface area contributed by atoms with Gasteiger partial charge in [0.15, 0.2) is 0 Å². The summed E-state index contributed by atoms with van der Waals surface area (Å²) < 4.78 is 8.23. The Balaban J connectivity index is 1.17. The highest BCUT2D eigenvalue weighted by Crippen LogP contribution is 2.63. The Hall–Kier alpha value is -7.56. The standard InChI is InChI=1S/C80H80BN3/c1-42(2)45-19-25-52(26-20-45)82-66-33-46(43(3)4)21-27-55(66)69-68(82)41-64-75-70(69)56-28-22-47(44(5)6)34-67(56)83(75)65-32-31-59-74-71(65)81(64)63-40-51(79(16,17)18)36-58-57-35-50(78(13,14)15)39-62(72(57)84(74)73(58)63)80(59)60-37-48(76(7,8)9)23-29-53(60)54-30-24-49(38-61(54)80)77(10,11)12/h19-44H,1-18H3. The van der Waals surface area contributed by atoms with Gasteiger partial charge in [-0.2, -0.15) is 0 Å². The number of benzene rings is 9. The second-order valence-corrected chi connectivity index (χ2v) is 31.2. The van der Waals surface area contributed by atoms with Gasteiger partial charge in [-0.3, -0.25) is 0 Å². The molecule has 3 nitrogen and oxygen atoms in total. The van der Waals surface area contributed by atoms with Crippen molar-refractivity contribution in [2.45, 2.75) is 169 Å². The molecule has 12 aromatic rings. The minimum Gasteiger partial charge on any atom is -0.310 e. The minimum atomic E-state index is -0.637. The zero-order valence-corrected chi connectivity index (χ0v) is 52.9. The van der Waals surface area contributed by atoms with Crippen molar-refractivity contribution in [1.82, 2.24) is 13.7 Å². The highest BCUT2D eigenvalue weighted by molar-refractivity contribution is 7.00. The molecule has 0 unspecified atom stereocenters. The van der Waals surface area contributed by atoms with E-state index in [1.165, 1.54) is 171 Å². The highest BCUT2D eigenvalue weighted by Gasteiger charge is 2.55. The molecule has 84 heavy (non-hydrogen) atoms. The molecule has 16 rings (SSSR count). The first-order valence-corrected chi connectivity index (χ1v) is 31.5. The Morgan fingerprint density at radius 2 is 0.845 bits per heavy atom. The van der Waals surface area contributed by atoms with Gasteiger partial charge in [0.25, 0.3) is 6.71 Å². The third kappa shape index (κ3) is 6.56. The minimum absolute atomic E-state index is 0.0683. The van der Waals surface area contributed by atoms with Gasteiger partial charge in [0, 0.05) is 54.9 Å². The number of rotatable bonds is 4. The van der Waals surface area contributed by atoms with Gasteiger partial charge < -0.3 is 13.7 Å². The van der Waals surface area contributed by atoms with Crippen LogP contribution in [0.3, 0.4) is 0 Å². The third-order valence-electron chi connectivity index (χ3n) is 21.0. The lowest BCUT2D eigenvalue weighted by Crippen LogP contribution is -2.60. The van der Waals surface area contributed by atoms with E-state index in [0.29, 0.717) is 17.8 Å². The van der Waals surface area contributed by atoms with E-state index in [1.54, 1.807) is 0 Å². The van der Waals surface area contributed by atoms with Crippen molar-refractivity contribution in [2.75, 3.05) is 0 Å². The maximum absolute atomic E-state index is 2.83. The first-order valence-electron chi connectivity index (χ1n) is 31.5. The van der Waals surface area contributed by atoms with Crippen LogP contribution in [0.4, 0.5) is 0 Å². The van der Waals surface area contributed by atoms with E-state index in [1.807, 2.05) is 0 Å². The molecular formula is C80H80BN3. The summed E-state index contributed by atoms with van der Waals surface area (Å²) >= 11 is 0.